The molecule has 0 aromatic rings. The van der Waals surface area contributed by atoms with E-state index < -0.39 is 30.4 Å². The maximum atomic E-state index is 12.8. The summed E-state index contributed by atoms with van der Waals surface area (Å²) in [5, 5.41) is 17.5. The van der Waals surface area contributed by atoms with Gasteiger partial charge in [0.1, 0.15) is 20.1 Å². The van der Waals surface area contributed by atoms with Crippen LogP contribution in [0, 0.1) is 0 Å². The van der Waals surface area contributed by atoms with Gasteiger partial charge in [-0.05, 0) is 0 Å². The van der Waals surface area contributed by atoms with E-state index in [0.29, 0.717) is 0 Å². The number of alkyl halides is 1. The van der Waals surface area contributed by atoms with E-state index in [4.69, 9.17) is 14.9 Å². The van der Waals surface area contributed by atoms with Crippen molar-refractivity contribution in [1.29, 1.82) is 0 Å². The molecule has 0 amide bonds. The number of aliphatic carboxylic acids is 1. The van der Waals surface area contributed by atoms with Gasteiger partial charge in [0.05, 0.1) is 18.5 Å². The van der Waals surface area contributed by atoms with Crippen LogP contribution < -0.4 is 0 Å². The van der Waals surface area contributed by atoms with E-state index in [1.165, 1.54) is 7.85 Å². The topological polar surface area (TPSA) is 66.8 Å². The minimum Gasteiger partial charge on any atom is -0.481 e. The smallest absolute Gasteiger partial charge is 0.306 e. The highest BCUT2D eigenvalue weighted by Crippen LogP contribution is 2.24. The molecule has 4 unspecified atom stereocenters. The number of carboxylic acids is 1. The summed E-state index contributed by atoms with van der Waals surface area (Å²) in [5.74, 6) is -1.10. The lowest BCUT2D eigenvalue weighted by molar-refractivity contribution is -0.140. The average molecular weight is 176 g/mol. The van der Waals surface area contributed by atoms with Gasteiger partial charge in [-0.1, -0.05) is 0 Å². The van der Waals surface area contributed by atoms with Crippen LogP contribution in [0.5, 0.6) is 0 Å². The molecular weight excluding hydrogens is 166 g/mol. The van der Waals surface area contributed by atoms with Crippen LogP contribution in [0.1, 0.15) is 6.42 Å². The summed E-state index contributed by atoms with van der Waals surface area (Å²) in [6, 6.07) is -0.718. The minimum absolute atomic E-state index is 0.355. The Morgan fingerprint density at radius 3 is 2.58 bits per heavy atom. The van der Waals surface area contributed by atoms with Gasteiger partial charge >= 0.3 is 5.97 Å². The number of hydrogen-bond acceptors (Lipinski definition) is 3. The van der Waals surface area contributed by atoms with Gasteiger partial charge in [-0.15, -0.1) is 0 Å². The van der Waals surface area contributed by atoms with Gasteiger partial charge in [-0.2, -0.15) is 0 Å². The SMILES string of the molecule is BC1OC(CC(=O)O)C(O)C1F. The molecule has 0 aromatic heterocycles. The fourth-order valence-electron chi connectivity index (χ4n) is 1.25. The Morgan fingerprint density at radius 2 is 2.25 bits per heavy atom. The van der Waals surface area contributed by atoms with Crippen molar-refractivity contribution >= 4 is 13.8 Å². The maximum Gasteiger partial charge on any atom is 0.306 e. The molecule has 0 spiro atoms. The molecule has 1 rings (SSSR count). The van der Waals surface area contributed by atoms with Crippen molar-refractivity contribution in [3.05, 3.63) is 0 Å². The van der Waals surface area contributed by atoms with E-state index in [1.54, 1.807) is 0 Å². The summed E-state index contributed by atoms with van der Waals surface area (Å²) in [6.07, 6.45) is -4.05. The van der Waals surface area contributed by atoms with E-state index in [2.05, 4.69) is 0 Å². The van der Waals surface area contributed by atoms with Gasteiger partial charge < -0.3 is 14.9 Å². The standard InChI is InChI=1S/C6H10BFO4/c7-6-4(8)5(11)2(12-6)1-3(9)10/h2,4-6,11H,1,7H2,(H,9,10). The lowest BCUT2D eigenvalue weighted by Crippen LogP contribution is -2.30. The van der Waals surface area contributed by atoms with Crippen LogP contribution in [0.15, 0.2) is 0 Å². The summed E-state index contributed by atoms with van der Waals surface area (Å²) in [4.78, 5) is 10.2. The second-order valence-electron chi connectivity index (χ2n) is 2.91. The molecule has 6 heteroatoms. The van der Waals surface area contributed by atoms with Gasteiger partial charge in [-0.25, -0.2) is 4.39 Å². The number of aliphatic hydroxyl groups excluding tert-OH is 1. The van der Waals surface area contributed by atoms with Gasteiger partial charge in [0, 0.05) is 0 Å². The summed E-state index contributed by atoms with van der Waals surface area (Å²) < 4.78 is 17.7. The largest absolute Gasteiger partial charge is 0.481 e. The van der Waals surface area contributed by atoms with E-state index in [1.807, 2.05) is 0 Å². The molecule has 0 aromatic carbocycles. The number of hydrogen-bond donors (Lipinski definition) is 2. The third-order valence-electron chi connectivity index (χ3n) is 1.92. The van der Waals surface area contributed by atoms with Gasteiger partial charge in [0.25, 0.3) is 0 Å². The molecule has 1 aliphatic heterocycles. The van der Waals surface area contributed by atoms with Crippen molar-refractivity contribution < 1.29 is 24.1 Å². The first-order chi connectivity index (χ1) is 5.52. The molecule has 0 aliphatic carbocycles. The molecule has 4 atom stereocenters. The number of carbonyl (C=O) groups is 1. The van der Waals surface area contributed by atoms with E-state index in [9.17, 15) is 9.18 Å². The summed E-state index contributed by atoms with van der Waals surface area (Å²) in [7, 11) is 1.47. The molecule has 1 saturated heterocycles. The molecule has 68 valence electrons. The van der Waals surface area contributed by atoms with Crippen LogP contribution in [0.3, 0.4) is 0 Å². The Labute approximate surface area is 69.7 Å². The Morgan fingerprint density at radius 1 is 1.67 bits per heavy atom. The molecule has 1 heterocycles. The molecule has 0 saturated carbocycles. The molecule has 1 aliphatic rings. The average Bonchev–Trinajstić information content (AvgIpc) is 2.17. The first kappa shape index (κ1) is 9.47. The summed E-state index contributed by atoms with van der Waals surface area (Å²) in [6.45, 7) is 0. The molecule has 4 nitrogen and oxygen atoms in total. The Kier molecular flexibility index (Phi) is 2.69. The highest BCUT2D eigenvalue weighted by molar-refractivity contribution is 6.11. The predicted molar refractivity (Wildman–Crippen MR) is 40.4 cm³/mol. The molecule has 0 bridgehead atoms. The molecule has 0 radical (unpaired) electrons. The van der Waals surface area contributed by atoms with Crippen LogP contribution in [0.25, 0.3) is 0 Å². The predicted octanol–water partition coefficient (Wildman–Crippen LogP) is -1.48. The zero-order valence-corrected chi connectivity index (χ0v) is 6.61. The first-order valence-electron chi connectivity index (χ1n) is 3.71. The molecule has 12 heavy (non-hydrogen) atoms. The quantitative estimate of drug-likeness (QED) is 0.503. The van der Waals surface area contributed by atoms with Crippen LogP contribution in [-0.4, -0.2) is 48.4 Å². The first-order valence-corrected chi connectivity index (χ1v) is 3.71. The zero-order valence-electron chi connectivity index (χ0n) is 6.61. The third-order valence-corrected chi connectivity index (χ3v) is 1.92. The maximum absolute atomic E-state index is 12.8. The molecule has 2 N–H and O–H groups in total. The summed E-state index contributed by atoms with van der Waals surface area (Å²) in [5.41, 5.74) is 0. The van der Waals surface area contributed by atoms with Gasteiger partial charge in [0.15, 0.2) is 0 Å². The minimum atomic E-state index is -1.48. The highest BCUT2D eigenvalue weighted by atomic mass is 19.1. The highest BCUT2D eigenvalue weighted by Gasteiger charge is 2.42. The number of ether oxygens (including phenoxy) is 1. The monoisotopic (exact) mass is 176 g/mol. The summed E-state index contributed by atoms with van der Waals surface area (Å²) >= 11 is 0. The number of aliphatic hydroxyl groups is 1. The zero-order chi connectivity index (χ0) is 9.30. The van der Waals surface area contributed by atoms with Crippen LogP contribution in [0.2, 0.25) is 0 Å². The van der Waals surface area contributed by atoms with Gasteiger partial charge in [0.2, 0.25) is 0 Å². The molecular formula is C6H10BFO4. The Balaban J connectivity index is 2.52. The lowest BCUT2D eigenvalue weighted by Gasteiger charge is -2.10. The van der Waals surface area contributed by atoms with E-state index in [0.717, 1.165) is 0 Å². The molecule has 1 fully saturated rings. The number of carboxylic acid groups (broad SMARTS) is 1. The fraction of sp³-hybridized carbons (Fsp3) is 0.833. The van der Waals surface area contributed by atoms with E-state index >= 15 is 0 Å². The fourth-order valence-corrected chi connectivity index (χ4v) is 1.25. The van der Waals surface area contributed by atoms with Crippen molar-refractivity contribution in [3.8, 4) is 0 Å². The van der Waals surface area contributed by atoms with E-state index in [-0.39, 0.29) is 6.42 Å². The van der Waals surface area contributed by atoms with Gasteiger partial charge in [-0.3, -0.25) is 4.79 Å². The van der Waals surface area contributed by atoms with Crippen molar-refractivity contribution in [1.82, 2.24) is 0 Å². The van der Waals surface area contributed by atoms with Crippen molar-refractivity contribution in [2.75, 3.05) is 0 Å². The van der Waals surface area contributed by atoms with Crippen LogP contribution >= 0.6 is 0 Å². The second kappa shape index (κ2) is 3.41. The van der Waals surface area contributed by atoms with Crippen molar-refractivity contribution in [2.24, 2.45) is 0 Å². The normalized spacial score (nSPS) is 41.5. The second-order valence-corrected chi connectivity index (χ2v) is 2.91. The van der Waals surface area contributed by atoms with Crippen molar-refractivity contribution in [2.45, 2.75) is 30.8 Å². The number of halogens is 1. The van der Waals surface area contributed by atoms with Crippen LogP contribution in [0.4, 0.5) is 4.39 Å². The van der Waals surface area contributed by atoms with Crippen LogP contribution in [-0.2, 0) is 9.53 Å². The Hall–Kier alpha value is -0.615. The number of rotatable bonds is 2. The lowest BCUT2D eigenvalue weighted by atomic mass is 9.94. The third kappa shape index (κ3) is 1.76. The van der Waals surface area contributed by atoms with Crippen molar-refractivity contribution in [3.63, 3.8) is 0 Å². The Bertz CT molecular complexity index is 188.